The molecule has 1 amide bonds. The van der Waals surface area contributed by atoms with E-state index in [4.69, 9.17) is 10.5 Å². The smallest absolute Gasteiger partial charge is 0.311 e. The third-order valence-corrected chi connectivity index (χ3v) is 3.90. The molecule has 1 aliphatic rings. The summed E-state index contributed by atoms with van der Waals surface area (Å²) in [6, 6.07) is 0. The number of ether oxygens (including phenoxy) is 1. The Morgan fingerprint density at radius 1 is 1.44 bits per heavy atom. The van der Waals surface area contributed by atoms with Gasteiger partial charge in [-0.1, -0.05) is 13.8 Å². The molecule has 0 saturated carbocycles. The zero-order chi connectivity index (χ0) is 13.8. The van der Waals surface area contributed by atoms with Gasteiger partial charge in [0.25, 0.3) is 0 Å². The Morgan fingerprint density at radius 3 is 2.44 bits per heavy atom. The predicted octanol–water partition coefficient (Wildman–Crippen LogP) is 0.111. The summed E-state index contributed by atoms with van der Waals surface area (Å²) in [5, 5.41) is 11.9. The summed E-state index contributed by atoms with van der Waals surface area (Å²) in [5.74, 6) is -1.21. The van der Waals surface area contributed by atoms with Gasteiger partial charge in [-0.3, -0.25) is 9.59 Å². The molecule has 1 unspecified atom stereocenters. The van der Waals surface area contributed by atoms with Crippen LogP contribution in [0.2, 0.25) is 0 Å². The number of nitrogens with two attached hydrogens (primary N) is 1. The van der Waals surface area contributed by atoms with Crippen molar-refractivity contribution in [2.75, 3.05) is 19.8 Å². The Labute approximate surface area is 107 Å². The lowest BCUT2D eigenvalue weighted by Gasteiger charge is -2.29. The first-order valence-corrected chi connectivity index (χ1v) is 6.28. The van der Waals surface area contributed by atoms with Crippen molar-refractivity contribution in [1.29, 1.82) is 0 Å². The number of carboxylic acid groups (broad SMARTS) is 1. The normalized spacial score (nSPS) is 23.9. The SMILES string of the molecule is CCC(CC)(CNC(=O)C1(N)CCOC1)C(=O)O. The second-order valence-corrected chi connectivity index (χ2v) is 4.93. The van der Waals surface area contributed by atoms with E-state index >= 15 is 0 Å². The van der Waals surface area contributed by atoms with Crippen molar-refractivity contribution >= 4 is 11.9 Å². The van der Waals surface area contributed by atoms with E-state index in [2.05, 4.69) is 5.32 Å². The van der Waals surface area contributed by atoms with Crippen LogP contribution in [-0.2, 0) is 14.3 Å². The first kappa shape index (κ1) is 14.9. The number of aliphatic carboxylic acids is 1. The Morgan fingerprint density at radius 2 is 2.06 bits per heavy atom. The first-order chi connectivity index (χ1) is 8.40. The van der Waals surface area contributed by atoms with E-state index < -0.39 is 16.9 Å². The summed E-state index contributed by atoms with van der Waals surface area (Å²) < 4.78 is 5.11. The highest BCUT2D eigenvalue weighted by Crippen LogP contribution is 2.26. The second-order valence-electron chi connectivity index (χ2n) is 4.93. The van der Waals surface area contributed by atoms with E-state index in [9.17, 15) is 14.7 Å². The molecule has 1 rings (SSSR count). The van der Waals surface area contributed by atoms with Crippen LogP contribution in [0.4, 0.5) is 0 Å². The molecule has 1 aliphatic heterocycles. The van der Waals surface area contributed by atoms with Crippen LogP contribution in [0.25, 0.3) is 0 Å². The third-order valence-electron chi connectivity index (χ3n) is 3.90. The largest absolute Gasteiger partial charge is 0.481 e. The van der Waals surface area contributed by atoms with Crippen molar-refractivity contribution in [3.8, 4) is 0 Å². The minimum absolute atomic E-state index is 0.104. The molecule has 1 saturated heterocycles. The highest BCUT2D eigenvalue weighted by atomic mass is 16.5. The molecule has 0 aliphatic carbocycles. The van der Waals surface area contributed by atoms with Crippen molar-refractivity contribution in [2.45, 2.75) is 38.6 Å². The van der Waals surface area contributed by atoms with Gasteiger partial charge in [0.15, 0.2) is 0 Å². The third kappa shape index (κ3) is 2.81. The lowest BCUT2D eigenvalue weighted by molar-refractivity contribution is -0.149. The molecule has 4 N–H and O–H groups in total. The van der Waals surface area contributed by atoms with Crippen LogP contribution in [0.15, 0.2) is 0 Å². The number of amides is 1. The molecule has 0 aromatic rings. The van der Waals surface area contributed by atoms with Gasteiger partial charge in [0.2, 0.25) is 5.91 Å². The molecule has 6 nitrogen and oxygen atoms in total. The van der Waals surface area contributed by atoms with E-state index in [1.54, 1.807) is 13.8 Å². The van der Waals surface area contributed by atoms with Crippen LogP contribution < -0.4 is 11.1 Å². The van der Waals surface area contributed by atoms with Gasteiger partial charge in [0.1, 0.15) is 5.54 Å². The summed E-state index contributed by atoms with van der Waals surface area (Å²) in [6.45, 7) is 4.38. The molecule has 1 atom stereocenters. The van der Waals surface area contributed by atoms with Crippen molar-refractivity contribution in [3.05, 3.63) is 0 Å². The van der Waals surface area contributed by atoms with E-state index in [-0.39, 0.29) is 19.1 Å². The Bertz CT molecular complexity index is 320. The van der Waals surface area contributed by atoms with Gasteiger partial charge < -0.3 is 20.9 Å². The van der Waals surface area contributed by atoms with E-state index in [1.165, 1.54) is 0 Å². The van der Waals surface area contributed by atoms with Gasteiger partial charge in [-0.15, -0.1) is 0 Å². The number of carbonyl (C=O) groups is 2. The van der Waals surface area contributed by atoms with Gasteiger partial charge in [-0.25, -0.2) is 0 Å². The van der Waals surface area contributed by atoms with Gasteiger partial charge in [-0.05, 0) is 19.3 Å². The van der Waals surface area contributed by atoms with Crippen molar-refractivity contribution in [2.24, 2.45) is 11.1 Å². The van der Waals surface area contributed by atoms with Gasteiger partial charge >= 0.3 is 5.97 Å². The molecule has 0 bridgehead atoms. The Kier molecular flexibility index (Phi) is 4.70. The highest BCUT2D eigenvalue weighted by molar-refractivity contribution is 5.87. The topological polar surface area (TPSA) is 102 Å². The highest BCUT2D eigenvalue weighted by Gasteiger charge is 2.41. The van der Waals surface area contributed by atoms with Crippen LogP contribution in [0.5, 0.6) is 0 Å². The van der Waals surface area contributed by atoms with E-state index in [0.717, 1.165) is 0 Å². The molecule has 1 fully saturated rings. The Balaban J connectivity index is 2.63. The van der Waals surface area contributed by atoms with E-state index in [1.807, 2.05) is 0 Å². The summed E-state index contributed by atoms with van der Waals surface area (Å²) in [5.41, 5.74) is 3.99. The zero-order valence-electron chi connectivity index (χ0n) is 11.0. The summed E-state index contributed by atoms with van der Waals surface area (Å²) in [7, 11) is 0. The van der Waals surface area contributed by atoms with Crippen LogP contribution in [-0.4, -0.2) is 42.3 Å². The number of hydrogen-bond acceptors (Lipinski definition) is 4. The molecule has 0 radical (unpaired) electrons. The second kappa shape index (κ2) is 5.67. The first-order valence-electron chi connectivity index (χ1n) is 6.28. The van der Waals surface area contributed by atoms with Gasteiger partial charge in [0.05, 0.1) is 12.0 Å². The number of carboxylic acids is 1. The maximum Gasteiger partial charge on any atom is 0.311 e. The standard InChI is InChI=1S/C12H22N2O4/c1-3-11(4-2,10(16)17)7-14-9(15)12(13)5-6-18-8-12/h3-8,13H2,1-2H3,(H,14,15)(H,16,17). The fourth-order valence-electron chi connectivity index (χ4n) is 2.06. The summed E-state index contributed by atoms with van der Waals surface area (Å²) in [6.07, 6.45) is 1.40. The van der Waals surface area contributed by atoms with E-state index in [0.29, 0.717) is 25.9 Å². The monoisotopic (exact) mass is 258 g/mol. The summed E-state index contributed by atoms with van der Waals surface area (Å²) >= 11 is 0. The number of rotatable bonds is 6. The molecule has 1 heterocycles. The molecule has 0 aromatic carbocycles. The molecular formula is C12H22N2O4. The van der Waals surface area contributed by atoms with Crippen LogP contribution in [0, 0.1) is 5.41 Å². The molecule has 104 valence electrons. The Hall–Kier alpha value is -1.14. The van der Waals surface area contributed by atoms with Crippen molar-refractivity contribution in [1.82, 2.24) is 5.32 Å². The van der Waals surface area contributed by atoms with Crippen LogP contribution in [0.1, 0.15) is 33.1 Å². The number of hydrogen-bond donors (Lipinski definition) is 3. The summed E-state index contributed by atoms with van der Waals surface area (Å²) in [4.78, 5) is 23.2. The minimum Gasteiger partial charge on any atom is -0.481 e. The van der Waals surface area contributed by atoms with Crippen molar-refractivity contribution in [3.63, 3.8) is 0 Å². The minimum atomic E-state index is -1.01. The zero-order valence-corrected chi connectivity index (χ0v) is 11.0. The average Bonchev–Trinajstić information content (AvgIpc) is 2.79. The fraction of sp³-hybridized carbons (Fsp3) is 0.833. The van der Waals surface area contributed by atoms with Gasteiger partial charge in [0, 0.05) is 13.2 Å². The number of carbonyl (C=O) groups excluding carboxylic acids is 1. The lowest BCUT2D eigenvalue weighted by Crippen LogP contribution is -2.56. The predicted molar refractivity (Wildman–Crippen MR) is 66.0 cm³/mol. The van der Waals surface area contributed by atoms with Crippen LogP contribution in [0.3, 0.4) is 0 Å². The van der Waals surface area contributed by atoms with Gasteiger partial charge in [-0.2, -0.15) is 0 Å². The van der Waals surface area contributed by atoms with Crippen LogP contribution >= 0.6 is 0 Å². The maximum absolute atomic E-state index is 12.0. The molecule has 6 heteroatoms. The maximum atomic E-state index is 12.0. The molecular weight excluding hydrogens is 236 g/mol. The fourth-order valence-corrected chi connectivity index (χ4v) is 2.06. The quantitative estimate of drug-likeness (QED) is 0.627. The average molecular weight is 258 g/mol. The number of nitrogens with one attached hydrogen (secondary N) is 1. The molecule has 0 spiro atoms. The lowest BCUT2D eigenvalue weighted by atomic mass is 9.82. The van der Waals surface area contributed by atoms with Crippen molar-refractivity contribution < 1.29 is 19.4 Å². The molecule has 18 heavy (non-hydrogen) atoms. The molecule has 0 aromatic heterocycles.